The number of nitrogens with zero attached hydrogens (tertiary/aromatic N) is 2. The molecule has 0 unspecified atom stereocenters. The lowest BCUT2D eigenvalue weighted by Gasteiger charge is -2.08. The molecule has 2 heterocycles. The summed E-state index contributed by atoms with van der Waals surface area (Å²) in [4.78, 5) is 24.7. The number of carbonyl (C=O) groups is 2. The van der Waals surface area contributed by atoms with E-state index in [0.717, 1.165) is 5.56 Å². The van der Waals surface area contributed by atoms with Gasteiger partial charge in [-0.2, -0.15) is 5.10 Å². The minimum absolute atomic E-state index is 0.0492. The van der Waals surface area contributed by atoms with Crippen molar-refractivity contribution in [3.05, 3.63) is 69.0 Å². The van der Waals surface area contributed by atoms with E-state index in [1.165, 1.54) is 18.3 Å². The van der Waals surface area contributed by atoms with E-state index in [1.807, 2.05) is 24.3 Å². The average molecular weight is 360 g/mol. The number of rotatable bonds is 5. The number of anilines is 1. The quantitative estimate of drug-likeness (QED) is 0.697. The number of halogens is 1. The third kappa shape index (κ3) is 3.72. The molecule has 0 saturated carbocycles. The highest BCUT2D eigenvalue weighted by Crippen LogP contribution is 2.19. The number of benzene rings is 1. The minimum Gasteiger partial charge on any atom is -0.306 e. The summed E-state index contributed by atoms with van der Waals surface area (Å²) < 4.78 is 1.70. The molecule has 1 N–H and O–H groups in total. The second-order valence-corrected chi connectivity index (χ2v) is 6.69. The Hall–Kier alpha value is -2.44. The van der Waals surface area contributed by atoms with Crippen LogP contribution >= 0.6 is 22.9 Å². The molecule has 0 aliphatic heterocycles. The van der Waals surface area contributed by atoms with Crippen molar-refractivity contribution in [2.24, 2.45) is 0 Å². The number of hydrogen-bond acceptors (Lipinski definition) is 4. The SMILES string of the molecule is CC(=O)c1ccc(C(=O)Nc2ccnn2Cc2ccc(Cl)cc2)s1. The Morgan fingerprint density at radius 1 is 1.12 bits per heavy atom. The Balaban J connectivity index is 1.73. The van der Waals surface area contributed by atoms with Crippen LogP contribution in [0.15, 0.2) is 48.7 Å². The van der Waals surface area contributed by atoms with E-state index in [1.54, 1.807) is 29.1 Å². The smallest absolute Gasteiger partial charge is 0.266 e. The normalized spacial score (nSPS) is 10.6. The fourth-order valence-electron chi connectivity index (χ4n) is 2.15. The van der Waals surface area contributed by atoms with Gasteiger partial charge in [0.15, 0.2) is 5.78 Å². The molecule has 24 heavy (non-hydrogen) atoms. The second kappa shape index (κ2) is 6.98. The Morgan fingerprint density at radius 3 is 2.50 bits per heavy atom. The van der Waals surface area contributed by atoms with Gasteiger partial charge in [-0.05, 0) is 36.8 Å². The molecular weight excluding hydrogens is 346 g/mol. The zero-order chi connectivity index (χ0) is 17.1. The first-order valence-corrected chi connectivity index (χ1v) is 8.41. The molecule has 0 bridgehead atoms. The van der Waals surface area contributed by atoms with Crippen LogP contribution < -0.4 is 5.32 Å². The van der Waals surface area contributed by atoms with Gasteiger partial charge in [0, 0.05) is 11.1 Å². The summed E-state index contributed by atoms with van der Waals surface area (Å²) in [6, 6.07) is 12.5. The number of thiophene rings is 1. The van der Waals surface area contributed by atoms with E-state index >= 15 is 0 Å². The lowest BCUT2D eigenvalue weighted by molar-refractivity contribution is 0.101. The molecule has 0 spiro atoms. The molecule has 3 rings (SSSR count). The zero-order valence-corrected chi connectivity index (χ0v) is 14.4. The van der Waals surface area contributed by atoms with Gasteiger partial charge in [-0.1, -0.05) is 23.7 Å². The van der Waals surface area contributed by atoms with E-state index in [4.69, 9.17) is 11.6 Å². The Kier molecular flexibility index (Phi) is 4.78. The van der Waals surface area contributed by atoms with Crippen LogP contribution in [0.3, 0.4) is 0 Å². The average Bonchev–Trinajstić information content (AvgIpc) is 3.19. The Bertz CT molecular complexity index is 883. The molecule has 3 aromatic rings. The maximum atomic E-state index is 12.3. The van der Waals surface area contributed by atoms with Gasteiger partial charge in [0.25, 0.3) is 5.91 Å². The molecule has 0 radical (unpaired) electrons. The van der Waals surface area contributed by atoms with Gasteiger partial charge in [0.1, 0.15) is 5.82 Å². The monoisotopic (exact) mass is 359 g/mol. The summed E-state index contributed by atoms with van der Waals surface area (Å²) in [5, 5.41) is 7.73. The van der Waals surface area contributed by atoms with Crippen LogP contribution in [0.5, 0.6) is 0 Å². The highest BCUT2D eigenvalue weighted by molar-refractivity contribution is 7.16. The molecule has 0 fully saturated rings. The van der Waals surface area contributed by atoms with Gasteiger partial charge in [-0.25, -0.2) is 4.68 Å². The van der Waals surface area contributed by atoms with Crippen LogP contribution in [0.4, 0.5) is 5.82 Å². The molecule has 0 aliphatic carbocycles. The summed E-state index contributed by atoms with van der Waals surface area (Å²) in [7, 11) is 0. The van der Waals surface area contributed by atoms with Gasteiger partial charge >= 0.3 is 0 Å². The van der Waals surface area contributed by atoms with Crippen molar-refractivity contribution in [2.75, 3.05) is 5.32 Å². The number of amides is 1. The summed E-state index contributed by atoms with van der Waals surface area (Å²) in [5.74, 6) is 0.282. The molecule has 122 valence electrons. The lowest BCUT2D eigenvalue weighted by Crippen LogP contribution is -2.15. The van der Waals surface area contributed by atoms with E-state index in [9.17, 15) is 9.59 Å². The number of aromatic nitrogens is 2. The van der Waals surface area contributed by atoms with Gasteiger partial charge < -0.3 is 5.32 Å². The first-order valence-electron chi connectivity index (χ1n) is 7.21. The van der Waals surface area contributed by atoms with E-state index in [2.05, 4.69) is 10.4 Å². The number of nitrogens with one attached hydrogen (secondary N) is 1. The third-order valence-corrected chi connectivity index (χ3v) is 4.82. The van der Waals surface area contributed by atoms with Gasteiger partial charge in [-0.3, -0.25) is 9.59 Å². The first kappa shape index (κ1) is 16.4. The van der Waals surface area contributed by atoms with E-state index in [-0.39, 0.29) is 11.7 Å². The predicted octanol–water partition coefficient (Wildman–Crippen LogP) is 4.10. The molecule has 0 saturated heterocycles. The highest BCUT2D eigenvalue weighted by Gasteiger charge is 2.13. The molecular formula is C17H14ClN3O2S. The van der Waals surface area contributed by atoms with Crippen LogP contribution in [0, 0.1) is 0 Å². The van der Waals surface area contributed by atoms with Crippen LogP contribution in [0.2, 0.25) is 5.02 Å². The molecule has 7 heteroatoms. The standard InChI is InChI=1S/C17H14ClN3O2S/c1-11(22)14-6-7-15(24-14)17(23)20-16-8-9-19-21(16)10-12-2-4-13(18)5-3-12/h2-9H,10H2,1H3,(H,20,23). The highest BCUT2D eigenvalue weighted by atomic mass is 35.5. The van der Waals surface area contributed by atoms with Crippen molar-refractivity contribution in [3.8, 4) is 0 Å². The Morgan fingerprint density at radius 2 is 1.83 bits per heavy atom. The number of Topliss-reactive ketones (excluding diaryl/α,β-unsaturated/α-hetero) is 1. The molecule has 0 aliphatic rings. The van der Waals surface area contributed by atoms with Crippen LogP contribution in [0.1, 0.15) is 31.8 Å². The fraction of sp³-hybridized carbons (Fsp3) is 0.118. The molecule has 1 amide bonds. The van der Waals surface area contributed by atoms with Crippen LogP contribution in [-0.2, 0) is 6.54 Å². The fourth-order valence-corrected chi connectivity index (χ4v) is 3.08. The van der Waals surface area contributed by atoms with Crippen molar-refractivity contribution < 1.29 is 9.59 Å². The summed E-state index contributed by atoms with van der Waals surface area (Å²) in [6.45, 7) is 2.00. The van der Waals surface area contributed by atoms with Gasteiger partial charge in [0.2, 0.25) is 0 Å². The maximum absolute atomic E-state index is 12.3. The molecule has 5 nitrogen and oxygen atoms in total. The van der Waals surface area contributed by atoms with E-state index in [0.29, 0.717) is 27.1 Å². The number of ketones is 1. The predicted molar refractivity (Wildman–Crippen MR) is 95.1 cm³/mol. The van der Waals surface area contributed by atoms with Crippen LogP contribution in [-0.4, -0.2) is 21.5 Å². The van der Waals surface area contributed by atoms with Crippen LogP contribution in [0.25, 0.3) is 0 Å². The zero-order valence-electron chi connectivity index (χ0n) is 12.8. The maximum Gasteiger partial charge on any atom is 0.266 e. The van der Waals surface area contributed by atoms with Crippen molar-refractivity contribution in [1.82, 2.24) is 9.78 Å². The molecule has 1 aromatic carbocycles. The molecule has 2 aromatic heterocycles. The summed E-state index contributed by atoms with van der Waals surface area (Å²) in [5.41, 5.74) is 1.02. The van der Waals surface area contributed by atoms with Crippen molar-refractivity contribution in [2.45, 2.75) is 13.5 Å². The number of hydrogen-bond donors (Lipinski definition) is 1. The van der Waals surface area contributed by atoms with E-state index < -0.39 is 0 Å². The summed E-state index contributed by atoms with van der Waals surface area (Å²) >= 11 is 7.06. The second-order valence-electron chi connectivity index (χ2n) is 5.17. The largest absolute Gasteiger partial charge is 0.306 e. The van der Waals surface area contributed by atoms with Gasteiger partial charge in [0.05, 0.1) is 22.5 Å². The van der Waals surface area contributed by atoms with Crippen molar-refractivity contribution in [1.29, 1.82) is 0 Å². The first-order chi connectivity index (χ1) is 11.5. The Labute approximate surface area is 147 Å². The minimum atomic E-state index is -0.259. The summed E-state index contributed by atoms with van der Waals surface area (Å²) in [6.07, 6.45) is 1.63. The topological polar surface area (TPSA) is 64.0 Å². The molecule has 0 atom stereocenters. The lowest BCUT2D eigenvalue weighted by atomic mass is 10.2. The van der Waals surface area contributed by atoms with Crippen molar-refractivity contribution in [3.63, 3.8) is 0 Å². The van der Waals surface area contributed by atoms with Crippen molar-refractivity contribution >= 4 is 40.4 Å². The number of carbonyl (C=O) groups excluding carboxylic acids is 2. The third-order valence-electron chi connectivity index (χ3n) is 3.38. The van der Waals surface area contributed by atoms with Gasteiger partial charge in [-0.15, -0.1) is 11.3 Å².